The summed E-state index contributed by atoms with van der Waals surface area (Å²) in [7, 11) is 1.56. The van der Waals surface area contributed by atoms with Gasteiger partial charge in [-0.05, 0) is 42.5 Å². The summed E-state index contributed by atoms with van der Waals surface area (Å²) in [5.74, 6) is -1.93. The maximum Gasteiger partial charge on any atom is 0.338 e. The van der Waals surface area contributed by atoms with E-state index in [1.54, 1.807) is 31.4 Å². The van der Waals surface area contributed by atoms with Crippen LogP contribution in [0, 0.1) is 11.6 Å². The number of methoxy groups -OCH3 is 1. The first-order valence-electron chi connectivity index (χ1n) is 7.16. The Morgan fingerprint density at radius 2 is 1.88 bits per heavy atom. The van der Waals surface area contributed by atoms with Crippen molar-refractivity contribution < 1.29 is 27.6 Å². The summed E-state index contributed by atoms with van der Waals surface area (Å²) in [6, 6.07) is 9.72. The number of hydrogen-bond acceptors (Lipinski definition) is 6. The van der Waals surface area contributed by atoms with Crippen LogP contribution in [0.15, 0.2) is 47.0 Å². The van der Waals surface area contributed by atoms with E-state index in [1.807, 2.05) is 0 Å². The third-order valence-corrected chi connectivity index (χ3v) is 3.30. The maximum atomic E-state index is 13.1. The van der Waals surface area contributed by atoms with Crippen LogP contribution in [0.5, 0.6) is 5.75 Å². The molecule has 128 valence electrons. The van der Waals surface area contributed by atoms with Gasteiger partial charge in [0, 0.05) is 5.56 Å². The normalized spacial score (nSPS) is 10.5. The lowest BCUT2D eigenvalue weighted by molar-refractivity contribution is 0.0429. The molecule has 0 unspecified atom stereocenters. The smallest absolute Gasteiger partial charge is 0.338 e. The third kappa shape index (κ3) is 3.79. The van der Waals surface area contributed by atoms with Crippen LogP contribution in [0.3, 0.4) is 0 Å². The fraction of sp³-hybridized carbons (Fsp3) is 0.118. The summed E-state index contributed by atoms with van der Waals surface area (Å²) in [5.41, 5.74) is 0.580. The summed E-state index contributed by atoms with van der Waals surface area (Å²) < 4.78 is 41.0. The quantitative estimate of drug-likeness (QED) is 0.659. The Labute approximate surface area is 141 Å². The Balaban J connectivity index is 1.64. The van der Waals surface area contributed by atoms with Crippen LogP contribution in [0.2, 0.25) is 0 Å². The van der Waals surface area contributed by atoms with Crippen molar-refractivity contribution in [1.82, 2.24) is 10.1 Å². The first kappa shape index (κ1) is 16.6. The van der Waals surface area contributed by atoms with Gasteiger partial charge in [-0.25, -0.2) is 13.6 Å². The number of ether oxygens (including phenoxy) is 2. The summed E-state index contributed by atoms with van der Waals surface area (Å²) in [4.78, 5) is 15.9. The molecule has 25 heavy (non-hydrogen) atoms. The third-order valence-electron chi connectivity index (χ3n) is 3.30. The summed E-state index contributed by atoms with van der Waals surface area (Å²) >= 11 is 0. The SMILES string of the molecule is COc1ccc(-c2noc(COC(=O)c3ccc(F)c(F)c3)n2)cc1. The summed E-state index contributed by atoms with van der Waals surface area (Å²) in [5, 5.41) is 3.79. The van der Waals surface area contributed by atoms with Gasteiger partial charge in [-0.3, -0.25) is 0 Å². The van der Waals surface area contributed by atoms with E-state index in [4.69, 9.17) is 14.0 Å². The molecule has 0 bridgehead atoms. The maximum absolute atomic E-state index is 13.1. The predicted molar refractivity (Wildman–Crippen MR) is 81.8 cm³/mol. The minimum absolute atomic E-state index is 0.0711. The van der Waals surface area contributed by atoms with Gasteiger partial charge < -0.3 is 14.0 Å². The Hall–Kier alpha value is -3.29. The molecule has 1 aromatic heterocycles. The number of halogens is 2. The van der Waals surface area contributed by atoms with E-state index in [0.717, 1.165) is 18.2 Å². The van der Waals surface area contributed by atoms with E-state index < -0.39 is 17.6 Å². The average molecular weight is 346 g/mol. The first-order valence-corrected chi connectivity index (χ1v) is 7.16. The highest BCUT2D eigenvalue weighted by atomic mass is 19.2. The molecule has 2 aromatic carbocycles. The molecule has 8 heteroatoms. The molecule has 0 aliphatic carbocycles. The molecule has 1 heterocycles. The minimum Gasteiger partial charge on any atom is -0.497 e. The molecule has 6 nitrogen and oxygen atoms in total. The van der Waals surface area contributed by atoms with Crippen molar-refractivity contribution >= 4 is 5.97 Å². The van der Waals surface area contributed by atoms with Crippen molar-refractivity contribution in [3.05, 3.63) is 65.6 Å². The number of esters is 1. The van der Waals surface area contributed by atoms with E-state index in [2.05, 4.69) is 10.1 Å². The summed E-state index contributed by atoms with van der Waals surface area (Å²) in [6.45, 7) is -0.291. The van der Waals surface area contributed by atoms with Crippen LogP contribution in [0.1, 0.15) is 16.2 Å². The molecule has 0 saturated heterocycles. The number of rotatable bonds is 5. The molecule has 0 amide bonds. The van der Waals surface area contributed by atoms with Gasteiger partial charge in [-0.1, -0.05) is 5.16 Å². The van der Waals surface area contributed by atoms with E-state index >= 15 is 0 Å². The summed E-state index contributed by atoms with van der Waals surface area (Å²) in [6.07, 6.45) is 0. The lowest BCUT2D eigenvalue weighted by atomic mass is 10.2. The standard InChI is InChI=1S/C17H12F2N2O4/c1-23-12-5-2-10(3-6-12)16-20-15(25-21-16)9-24-17(22)11-4-7-13(18)14(19)8-11/h2-8H,9H2,1H3. The molecule has 0 N–H and O–H groups in total. The second-order valence-electron chi connectivity index (χ2n) is 4.95. The Morgan fingerprint density at radius 1 is 1.12 bits per heavy atom. The van der Waals surface area contributed by atoms with Crippen LogP contribution in [0.25, 0.3) is 11.4 Å². The lowest BCUT2D eigenvalue weighted by Gasteiger charge is -2.02. The van der Waals surface area contributed by atoms with Crippen molar-refractivity contribution in [2.45, 2.75) is 6.61 Å². The van der Waals surface area contributed by atoms with Gasteiger partial charge in [-0.15, -0.1) is 0 Å². The second kappa shape index (κ2) is 7.08. The number of hydrogen-bond donors (Lipinski definition) is 0. The highest BCUT2D eigenvalue weighted by molar-refractivity contribution is 5.89. The highest BCUT2D eigenvalue weighted by Crippen LogP contribution is 2.20. The van der Waals surface area contributed by atoms with E-state index in [-0.39, 0.29) is 18.1 Å². The molecule has 3 rings (SSSR count). The van der Waals surface area contributed by atoms with Crippen LogP contribution in [0.4, 0.5) is 8.78 Å². The van der Waals surface area contributed by atoms with Gasteiger partial charge in [0.2, 0.25) is 5.82 Å². The average Bonchev–Trinajstić information content (AvgIpc) is 3.11. The van der Waals surface area contributed by atoms with Crippen molar-refractivity contribution in [2.75, 3.05) is 7.11 Å². The molecule has 3 aromatic rings. The van der Waals surface area contributed by atoms with E-state index in [1.165, 1.54) is 0 Å². The molecular formula is C17H12F2N2O4. The Bertz CT molecular complexity index is 894. The number of nitrogens with zero attached hydrogens (tertiary/aromatic N) is 2. The fourth-order valence-corrected chi connectivity index (χ4v) is 2.00. The van der Waals surface area contributed by atoms with Gasteiger partial charge >= 0.3 is 5.97 Å². The minimum atomic E-state index is -1.13. The number of carbonyl (C=O) groups is 1. The van der Waals surface area contributed by atoms with Crippen molar-refractivity contribution in [3.63, 3.8) is 0 Å². The zero-order chi connectivity index (χ0) is 17.8. The van der Waals surface area contributed by atoms with Gasteiger partial charge in [0.05, 0.1) is 12.7 Å². The van der Waals surface area contributed by atoms with Crippen molar-refractivity contribution in [2.24, 2.45) is 0 Å². The van der Waals surface area contributed by atoms with Gasteiger partial charge in [0.1, 0.15) is 5.75 Å². The van der Waals surface area contributed by atoms with Crippen LogP contribution < -0.4 is 4.74 Å². The van der Waals surface area contributed by atoms with Crippen LogP contribution >= 0.6 is 0 Å². The lowest BCUT2D eigenvalue weighted by Crippen LogP contribution is -2.06. The van der Waals surface area contributed by atoms with Gasteiger partial charge in [0.15, 0.2) is 18.2 Å². The molecule has 0 saturated carbocycles. The molecule has 0 aliphatic rings. The van der Waals surface area contributed by atoms with E-state index in [0.29, 0.717) is 17.1 Å². The van der Waals surface area contributed by atoms with Crippen molar-refractivity contribution in [3.8, 4) is 17.1 Å². The molecule has 0 fully saturated rings. The fourth-order valence-electron chi connectivity index (χ4n) is 2.00. The predicted octanol–water partition coefficient (Wildman–Crippen LogP) is 3.38. The number of benzene rings is 2. The molecule has 0 spiro atoms. The van der Waals surface area contributed by atoms with Crippen LogP contribution in [-0.2, 0) is 11.3 Å². The number of aromatic nitrogens is 2. The monoisotopic (exact) mass is 346 g/mol. The topological polar surface area (TPSA) is 74.5 Å². The largest absolute Gasteiger partial charge is 0.497 e. The molecular weight excluding hydrogens is 334 g/mol. The van der Waals surface area contributed by atoms with Crippen molar-refractivity contribution in [1.29, 1.82) is 0 Å². The Kier molecular flexibility index (Phi) is 4.69. The first-order chi connectivity index (χ1) is 12.1. The van der Waals surface area contributed by atoms with E-state index in [9.17, 15) is 13.6 Å². The zero-order valence-electron chi connectivity index (χ0n) is 13.0. The molecule has 0 atom stereocenters. The highest BCUT2D eigenvalue weighted by Gasteiger charge is 2.14. The zero-order valence-corrected chi connectivity index (χ0v) is 13.0. The second-order valence-corrected chi connectivity index (χ2v) is 4.95. The Morgan fingerprint density at radius 3 is 2.56 bits per heavy atom. The molecule has 0 aliphatic heterocycles. The van der Waals surface area contributed by atoms with Gasteiger partial charge in [-0.2, -0.15) is 4.98 Å². The van der Waals surface area contributed by atoms with Crippen LogP contribution in [-0.4, -0.2) is 23.2 Å². The van der Waals surface area contributed by atoms with Gasteiger partial charge in [0.25, 0.3) is 5.89 Å². The molecule has 0 radical (unpaired) electrons. The number of carbonyl (C=O) groups excluding carboxylic acids is 1.